The molecule has 2 aromatic rings. The number of hydrazone groups is 1. The predicted octanol–water partition coefficient (Wildman–Crippen LogP) is 4.73. The first-order valence-corrected chi connectivity index (χ1v) is 11.0. The summed E-state index contributed by atoms with van der Waals surface area (Å²) in [6, 6.07) is 6.64. The zero-order valence-electron chi connectivity index (χ0n) is 18.2. The fourth-order valence-corrected chi connectivity index (χ4v) is 4.75. The van der Waals surface area contributed by atoms with E-state index >= 15 is 0 Å². The number of carbonyl (C=O) groups excluding carboxylic acids is 1. The Bertz CT molecular complexity index is 1270. The van der Waals surface area contributed by atoms with Gasteiger partial charge in [-0.25, -0.2) is 0 Å². The van der Waals surface area contributed by atoms with Crippen LogP contribution in [0.25, 0.3) is 11.8 Å². The lowest BCUT2D eigenvalue weighted by molar-refractivity contribution is -0.384. The van der Waals surface area contributed by atoms with E-state index in [1.165, 1.54) is 22.8 Å². The van der Waals surface area contributed by atoms with Gasteiger partial charge in [-0.15, -0.1) is 0 Å². The van der Waals surface area contributed by atoms with Crippen LogP contribution in [0.4, 0.5) is 5.69 Å². The molecule has 10 heteroatoms. The zero-order chi connectivity index (χ0) is 23.2. The number of rotatable bonds is 5. The fourth-order valence-electron chi connectivity index (χ4n) is 3.76. The number of hydrogen-bond donors (Lipinski definition) is 1. The summed E-state index contributed by atoms with van der Waals surface area (Å²) in [5.74, 6) is -0.479. The third-order valence-electron chi connectivity index (χ3n) is 5.37. The van der Waals surface area contributed by atoms with E-state index in [-0.39, 0.29) is 17.1 Å². The van der Waals surface area contributed by atoms with Crippen LogP contribution in [0.15, 0.2) is 39.9 Å². The maximum absolute atomic E-state index is 12.7. The molecule has 0 saturated carbocycles. The number of nitrogens with zero attached hydrogens (tertiary/aromatic N) is 5. The highest BCUT2D eigenvalue weighted by molar-refractivity contribution is 8.26. The number of nitro groups is 1. The van der Waals surface area contributed by atoms with Crippen molar-refractivity contribution in [3.63, 3.8) is 0 Å². The maximum atomic E-state index is 12.7. The third kappa shape index (κ3) is 3.66. The number of non-ortho nitro benzene ring substituents is 1. The Balaban J connectivity index is 1.76. The molecule has 164 valence electrons. The van der Waals surface area contributed by atoms with Crippen LogP contribution in [0.1, 0.15) is 42.3 Å². The van der Waals surface area contributed by atoms with E-state index in [1.54, 1.807) is 18.2 Å². The van der Waals surface area contributed by atoms with E-state index in [4.69, 9.17) is 5.41 Å². The van der Waals surface area contributed by atoms with Crippen LogP contribution in [0, 0.1) is 36.3 Å². The number of amidine groups is 2. The van der Waals surface area contributed by atoms with Crippen molar-refractivity contribution in [1.29, 1.82) is 5.41 Å². The van der Waals surface area contributed by atoms with E-state index in [0.717, 1.165) is 40.4 Å². The number of nitrogens with one attached hydrogen (secondary N) is 1. The molecular formula is C22H22N6O3S. The van der Waals surface area contributed by atoms with Crippen molar-refractivity contribution >= 4 is 45.5 Å². The van der Waals surface area contributed by atoms with Crippen molar-refractivity contribution in [2.75, 3.05) is 0 Å². The molecule has 2 aliphatic rings. The van der Waals surface area contributed by atoms with Crippen molar-refractivity contribution in [3.05, 3.63) is 62.5 Å². The van der Waals surface area contributed by atoms with Crippen LogP contribution in [-0.4, -0.2) is 36.5 Å². The summed E-state index contributed by atoms with van der Waals surface area (Å²) in [5.41, 5.74) is 4.16. The maximum Gasteiger partial charge on any atom is 0.283 e. The second-order valence-corrected chi connectivity index (χ2v) is 8.69. The summed E-state index contributed by atoms with van der Waals surface area (Å²) >= 11 is 1.33. The molecule has 0 saturated heterocycles. The molecule has 1 amide bonds. The smallest absolute Gasteiger partial charge is 0.283 e. The van der Waals surface area contributed by atoms with Gasteiger partial charge >= 0.3 is 0 Å². The minimum absolute atomic E-state index is 0.00469. The van der Waals surface area contributed by atoms with E-state index in [9.17, 15) is 14.9 Å². The average molecular weight is 451 g/mol. The van der Waals surface area contributed by atoms with Gasteiger partial charge in [0.15, 0.2) is 5.84 Å². The van der Waals surface area contributed by atoms with Gasteiger partial charge in [-0.1, -0.05) is 13.0 Å². The summed E-state index contributed by atoms with van der Waals surface area (Å²) in [6.45, 7) is 7.72. The molecule has 1 N–H and O–H groups in total. The highest BCUT2D eigenvalue weighted by atomic mass is 32.2. The Hall–Kier alpha value is -3.53. The van der Waals surface area contributed by atoms with Crippen LogP contribution in [0.5, 0.6) is 0 Å². The van der Waals surface area contributed by atoms with Crippen LogP contribution in [0.3, 0.4) is 0 Å². The average Bonchev–Trinajstić information content (AvgIpc) is 3.26. The van der Waals surface area contributed by atoms with Gasteiger partial charge in [0.05, 0.1) is 16.2 Å². The Labute approximate surface area is 189 Å². The number of amides is 1. The summed E-state index contributed by atoms with van der Waals surface area (Å²) in [4.78, 5) is 27.7. The minimum Gasteiger partial charge on any atom is -0.317 e. The van der Waals surface area contributed by atoms with Gasteiger partial charge in [0.1, 0.15) is 5.04 Å². The monoisotopic (exact) mass is 450 g/mol. The molecule has 0 fully saturated rings. The topological polar surface area (TPSA) is 117 Å². The molecule has 0 bridgehead atoms. The quantitative estimate of drug-likeness (QED) is 0.401. The summed E-state index contributed by atoms with van der Waals surface area (Å²) in [7, 11) is 0. The minimum atomic E-state index is -0.474. The number of aliphatic imine (C=N–C) groups is 1. The normalized spacial score (nSPS) is 17.0. The Morgan fingerprint density at radius 2 is 2.00 bits per heavy atom. The SMILES string of the molecule is CCCC1=NN2C(=N)C(=Cc3cc(C)n(-c4cc([N+](=O)[O-])ccc4C)c3C)C(=O)N=C2S1. The van der Waals surface area contributed by atoms with Crippen LogP contribution < -0.4 is 0 Å². The first kappa shape index (κ1) is 21.7. The number of thioether (sulfide) groups is 1. The second kappa shape index (κ2) is 8.19. The Morgan fingerprint density at radius 1 is 1.25 bits per heavy atom. The number of fused-ring (bicyclic) bond motifs is 1. The lowest BCUT2D eigenvalue weighted by Gasteiger charge is -2.20. The van der Waals surface area contributed by atoms with Gasteiger partial charge in [-0.3, -0.25) is 20.3 Å². The Morgan fingerprint density at radius 3 is 2.69 bits per heavy atom. The zero-order valence-corrected chi connectivity index (χ0v) is 19.0. The van der Waals surface area contributed by atoms with Crippen LogP contribution in [-0.2, 0) is 4.79 Å². The molecule has 0 spiro atoms. The van der Waals surface area contributed by atoms with Gasteiger partial charge < -0.3 is 4.57 Å². The summed E-state index contributed by atoms with van der Waals surface area (Å²) < 4.78 is 1.92. The van der Waals surface area contributed by atoms with Crippen molar-refractivity contribution in [3.8, 4) is 5.69 Å². The van der Waals surface area contributed by atoms with Crippen molar-refractivity contribution in [1.82, 2.24) is 9.58 Å². The first-order valence-electron chi connectivity index (χ1n) is 10.1. The molecule has 32 heavy (non-hydrogen) atoms. The lowest BCUT2D eigenvalue weighted by atomic mass is 10.1. The molecule has 0 radical (unpaired) electrons. The standard InChI is InChI=1S/C22H22N6O3S/c1-5-6-19-25-27-20(23)17(21(29)24-22(27)32-19)10-15-9-13(3)26(14(15)4)18-11-16(28(30)31)8-7-12(18)2/h7-11,23H,5-6H2,1-4H3. The number of benzene rings is 1. The fraction of sp³-hybridized carbons (Fsp3) is 0.273. The number of aryl methyl sites for hydroxylation is 2. The molecule has 2 aliphatic heterocycles. The van der Waals surface area contributed by atoms with Crippen molar-refractivity contribution in [2.45, 2.75) is 40.5 Å². The van der Waals surface area contributed by atoms with Crippen LogP contribution in [0.2, 0.25) is 0 Å². The molecular weight excluding hydrogens is 428 g/mol. The molecule has 1 aromatic heterocycles. The van der Waals surface area contributed by atoms with Crippen molar-refractivity contribution < 1.29 is 9.72 Å². The van der Waals surface area contributed by atoms with E-state index in [1.807, 2.05) is 38.3 Å². The van der Waals surface area contributed by atoms with Gasteiger partial charge in [0.2, 0.25) is 5.17 Å². The highest BCUT2D eigenvalue weighted by Gasteiger charge is 2.35. The first-order chi connectivity index (χ1) is 15.2. The van der Waals surface area contributed by atoms with E-state index < -0.39 is 10.8 Å². The molecule has 0 atom stereocenters. The molecule has 0 unspecified atom stereocenters. The van der Waals surface area contributed by atoms with Crippen LogP contribution >= 0.6 is 11.8 Å². The number of nitro benzene ring substituents is 1. The van der Waals surface area contributed by atoms with Crippen molar-refractivity contribution in [2.24, 2.45) is 10.1 Å². The molecule has 0 aliphatic carbocycles. The van der Waals surface area contributed by atoms with Gasteiger partial charge in [-0.05, 0) is 68.6 Å². The van der Waals surface area contributed by atoms with E-state index in [2.05, 4.69) is 10.1 Å². The summed E-state index contributed by atoms with van der Waals surface area (Å²) in [6.07, 6.45) is 3.33. The highest BCUT2D eigenvalue weighted by Crippen LogP contribution is 2.32. The number of carbonyl (C=O) groups is 1. The number of aromatic nitrogens is 1. The van der Waals surface area contributed by atoms with Gasteiger partial charge in [0.25, 0.3) is 11.6 Å². The van der Waals surface area contributed by atoms with Gasteiger partial charge in [0, 0.05) is 23.5 Å². The predicted molar refractivity (Wildman–Crippen MR) is 127 cm³/mol. The molecule has 4 rings (SSSR count). The van der Waals surface area contributed by atoms with E-state index in [0.29, 0.717) is 10.9 Å². The second-order valence-electron chi connectivity index (χ2n) is 7.65. The Kier molecular flexibility index (Phi) is 5.55. The van der Waals surface area contributed by atoms with Gasteiger partial charge in [-0.2, -0.15) is 15.1 Å². The lowest BCUT2D eigenvalue weighted by Crippen LogP contribution is -2.35. The largest absolute Gasteiger partial charge is 0.317 e. The molecule has 3 heterocycles. The molecule has 1 aromatic carbocycles. The molecule has 9 nitrogen and oxygen atoms in total. The summed E-state index contributed by atoms with van der Waals surface area (Å²) in [5, 5.41) is 26.9. The number of hydrogen-bond acceptors (Lipinski definition) is 6. The third-order valence-corrected chi connectivity index (χ3v) is 6.34.